The highest BCUT2D eigenvalue weighted by atomic mass is 15.5. The number of hydrazone groups is 1. The van der Waals surface area contributed by atoms with Crippen LogP contribution in [-0.4, -0.2) is 56.0 Å². The lowest BCUT2D eigenvalue weighted by Crippen LogP contribution is -2.53. The molecule has 0 bridgehead atoms. The number of hydrogen-bond acceptors (Lipinski definition) is 2. The molecular weight excluding hydrogens is 162 g/mol. The topological polar surface area (TPSA) is 15.6 Å². The van der Waals surface area contributed by atoms with Gasteiger partial charge < -0.3 is 4.48 Å². The third-order valence-corrected chi connectivity index (χ3v) is 2.45. The van der Waals surface area contributed by atoms with E-state index in [1.807, 2.05) is 6.21 Å². The van der Waals surface area contributed by atoms with Crippen molar-refractivity contribution in [2.24, 2.45) is 11.0 Å². The molecule has 1 fully saturated rings. The van der Waals surface area contributed by atoms with Gasteiger partial charge in [0.1, 0.15) is 0 Å². The predicted octanol–water partition coefficient (Wildman–Crippen LogP) is 1.02. The van der Waals surface area contributed by atoms with Crippen LogP contribution in [0.3, 0.4) is 0 Å². The second-order valence-electron chi connectivity index (χ2n) is 4.85. The van der Waals surface area contributed by atoms with E-state index in [1.165, 1.54) is 13.1 Å². The Kier molecular flexibility index (Phi) is 3.31. The summed E-state index contributed by atoms with van der Waals surface area (Å²) in [6.07, 6.45) is 2.03. The molecule has 0 aromatic heterocycles. The summed E-state index contributed by atoms with van der Waals surface area (Å²) < 4.78 is 1.13. The summed E-state index contributed by atoms with van der Waals surface area (Å²) in [7, 11) is 4.56. The lowest BCUT2D eigenvalue weighted by Gasteiger charge is -2.37. The van der Waals surface area contributed by atoms with Crippen LogP contribution >= 0.6 is 0 Å². The lowest BCUT2D eigenvalue weighted by atomic mass is 10.2. The predicted molar refractivity (Wildman–Crippen MR) is 56.7 cm³/mol. The van der Waals surface area contributed by atoms with Crippen molar-refractivity contribution in [3.05, 3.63) is 0 Å². The summed E-state index contributed by atoms with van der Waals surface area (Å²) in [5.74, 6) is 0.560. The first-order valence-electron chi connectivity index (χ1n) is 5.11. The smallest absolute Gasteiger partial charge is 0.0978 e. The van der Waals surface area contributed by atoms with Crippen LogP contribution in [0.2, 0.25) is 0 Å². The Labute approximate surface area is 81.6 Å². The molecule has 0 unspecified atom stereocenters. The van der Waals surface area contributed by atoms with Crippen LogP contribution in [-0.2, 0) is 0 Å². The molecule has 0 N–H and O–H groups in total. The normalized spacial score (nSPS) is 23.0. The maximum absolute atomic E-state index is 4.45. The fraction of sp³-hybridized carbons (Fsp3) is 0.900. The third kappa shape index (κ3) is 3.77. The van der Waals surface area contributed by atoms with E-state index in [9.17, 15) is 0 Å². The quantitative estimate of drug-likeness (QED) is 0.462. The van der Waals surface area contributed by atoms with E-state index in [4.69, 9.17) is 0 Å². The zero-order chi connectivity index (χ0) is 9.90. The number of quaternary nitrogens is 1. The van der Waals surface area contributed by atoms with Gasteiger partial charge in [0.2, 0.25) is 0 Å². The molecule has 0 saturated carbocycles. The molecule has 1 rings (SSSR count). The second-order valence-corrected chi connectivity index (χ2v) is 4.85. The molecule has 1 heterocycles. The van der Waals surface area contributed by atoms with Crippen molar-refractivity contribution >= 4 is 6.21 Å². The largest absolute Gasteiger partial charge is 0.325 e. The molecule has 1 aliphatic rings. The van der Waals surface area contributed by atoms with Gasteiger partial charge in [0.05, 0.1) is 40.3 Å². The van der Waals surface area contributed by atoms with E-state index < -0.39 is 0 Å². The molecule has 1 saturated heterocycles. The highest BCUT2D eigenvalue weighted by molar-refractivity contribution is 5.59. The Hall–Kier alpha value is -0.570. The minimum absolute atomic E-state index is 0.560. The highest BCUT2D eigenvalue weighted by Gasteiger charge is 2.22. The van der Waals surface area contributed by atoms with Crippen LogP contribution in [0.5, 0.6) is 0 Å². The van der Waals surface area contributed by atoms with Crippen molar-refractivity contribution in [2.75, 3.05) is 40.3 Å². The minimum atomic E-state index is 0.560. The molecule has 0 amide bonds. The van der Waals surface area contributed by atoms with Crippen LogP contribution < -0.4 is 0 Å². The van der Waals surface area contributed by atoms with Gasteiger partial charge in [0.15, 0.2) is 0 Å². The van der Waals surface area contributed by atoms with Gasteiger partial charge in [-0.25, -0.2) is 0 Å². The fourth-order valence-corrected chi connectivity index (χ4v) is 1.34. The average Bonchev–Trinajstić information content (AvgIpc) is 2.02. The molecule has 0 aliphatic carbocycles. The zero-order valence-corrected chi connectivity index (χ0v) is 9.32. The summed E-state index contributed by atoms with van der Waals surface area (Å²) in [6, 6.07) is 0. The summed E-state index contributed by atoms with van der Waals surface area (Å²) in [5.41, 5.74) is 0. The molecular formula is C10H22N3+. The molecule has 0 radical (unpaired) electrons. The molecule has 0 aromatic carbocycles. The van der Waals surface area contributed by atoms with Crippen molar-refractivity contribution in [3.63, 3.8) is 0 Å². The maximum atomic E-state index is 4.45. The Morgan fingerprint density at radius 1 is 1.23 bits per heavy atom. The van der Waals surface area contributed by atoms with Crippen molar-refractivity contribution < 1.29 is 4.48 Å². The van der Waals surface area contributed by atoms with E-state index in [0.29, 0.717) is 5.92 Å². The molecule has 0 spiro atoms. The molecule has 76 valence electrons. The fourth-order valence-electron chi connectivity index (χ4n) is 1.34. The van der Waals surface area contributed by atoms with Crippen LogP contribution in [0, 0.1) is 5.92 Å². The zero-order valence-electron chi connectivity index (χ0n) is 9.32. The van der Waals surface area contributed by atoms with E-state index in [0.717, 1.165) is 17.6 Å². The first-order valence-corrected chi connectivity index (χ1v) is 5.11. The van der Waals surface area contributed by atoms with Crippen molar-refractivity contribution in [2.45, 2.75) is 13.8 Å². The van der Waals surface area contributed by atoms with Gasteiger partial charge in [-0.15, -0.1) is 0 Å². The Balaban J connectivity index is 2.33. The SMILES string of the molecule is CC(C)/C=N/N1CC[N+](C)(C)CC1. The molecule has 1 aliphatic heterocycles. The first kappa shape index (κ1) is 10.5. The summed E-state index contributed by atoms with van der Waals surface area (Å²) in [6.45, 7) is 8.91. The number of piperazine rings is 1. The second kappa shape index (κ2) is 4.09. The van der Waals surface area contributed by atoms with Crippen molar-refractivity contribution in [3.8, 4) is 0 Å². The molecule has 3 heteroatoms. The summed E-state index contributed by atoms with van der Waals surface area (Å²) in [5, 5.41) is 6.63. The van der Waals surface area contributed by atoms with E-state index >= 15 is 0 Å². The van der Waals surface area contributed by atoms with Crippen LogP contribution in [0.1, 0.15) is 13.8 Å². The third-order valence-electron chi connectivity index (χ3n) is 2.45. The monoisotopic (exact) mass is 184 g/mol. The maximum Gasteiger partial charge on any atom is 0.0978 e. The van der Waals surface area contributed by atoms with Crippen molar-refractivity contribution in [1.29, 1.82) is 0 Å². The molecule has 0 atom stereocenters. The number of nitrogens with zero attached hydrogens (tertiary/aromatic N) is 3. The lowest BCUT2D eigenvalue weighted by molar-refractivity contribution is -0.894. The van der Waals surface area contributed by atoms with E-state index in [1.54, 1.807) is 0 Å². The van der Waals surface area contributed by atoms with Crippen LogP contribution in [0.15, 0.2) is 5.10 Å². The number of rotatable bonds is 2. The van der Waals surface area contributed by atoms with Gasteiger partial charge in [-0.2, -0.15) is 5.10 Å². The molecule has 3 nitrogen and oxygen atoms in total. The van der Waals surface area contributed by atoms with Gasteiger partial charge >= 0.3 is 0 Å². The Morgan fingerprint density at radius 3 is 2.23 bits per heavy atom. The summed E-state index contributed by atoms with van der Waals surface area (Å²) >= 11 is 0. The molecule has 13 heavy (non-hydrogen) atoms. The van der Waals surface area contributed by atoms with Gasteiger partial charge in [0.25, 0.3) is 0 Å². The van der Waals surface area contributed by atoms with E-state index in [2.05, 4.69) is 38.1 Å². The summed E-state index contributed by atoms with van der Waals surface area (Å²) in [4.78, 5) is 0. The van der Waals surface area contributed by atoms with Gasteiger partial charge in [0, 0.05) is 6.21 Å². The van der Waals surface area contributed by atoms with Crippen LogP contribution in [0.4, 0.5) is 0 Å². The molecule has 0 aromatic rings. The Bertz CT molecular complexity index is 175. The minimum Gasteiger partial charge on any atom is -0.325 e. The number of likely N-dealkylation sites (N-methyl/N-ethyl adjacent to an activating group) is 1. The van der Waals surface area contributed by atoms with Crippen molar-refractivity contribution in [1.82, 2.24) is 5.01 Å². The number of hydrogen-bond donors (Lipinski definition) is 0. The average molecular weight is 184 g/mol. The Morgan fingerprint density at radius 2 is 1.77 bits per heavy atom. The van der Waals surface area contributed by atoms with Gasteiger partial charge in [-0.3, -0.25) is 5.01 Å². The first-order chi connectivity index (χ1) is 5.99. The highest BCUT2D eigenvalue weighted by Crippen LogP contribution is 2.06. The standard InChI is InChI=1S/C10H22N3/c1-10(2)9-11-12-5-7-13(3,4)8-6-12/h9-10H,5-8H2,1-4H3/q+1/b11-9+. The van der Waals surface area contributed by atoms with E-state index in [-0.39, 0.29) is 0 Å². The van der Waals surface area contributed by atoms with Crippen LogP contribution in [0.25, 0.3) is 0 Å². The van der Waals surface area contributed by atoms with Gasteiger partial charge in [-0.05, 0) is 5.92 Å². The van der Waals surface area contributed by atoms with Gasteiger partial charge in [-0.1, -0.05) is 13.8 Å².